The van der Waals surface area contributed by atoms with E-state index < -0.39 is 0 Å². The molecule has 0 radical (unpaired) electrons. The minimum atomic E-state index is 0. The van der Waals surface area contributed by atoms with Gasteiger partial charge in [-0.2, -0.15) is 0 Å². The van der Waals surface area contributed by atoms with E-state index in [1.165, 1.54) is 0 Å². The molecule has 0 fully saturated rings. The molecule has 24 bridgehead atoms. The zero-order valence-electron chi connectivity index (χ0n) is 69.6. The summed E-state index contributed by atoms with van der Waals surface area (Å²) in [6.45, 7) is 8.99. The summed E-state index contributed by atoms with van der Waals surface area (Å²) in [5.41, 5.74) is 35.8. The van der Waals surface area contributed by atoms with Gasteiger partial charge in [-0.15, -0.1) is 66.2 Å². The zero-order chi connectivity index (χ0) is 81.7. The van der Waals surface area contributed by atoms with E-state index in [1.54, 1.807) is 0 Å². The van der Waals surface area contributed by atoms with Crippen molar-refractivity contribution in [3.8, 4) is 90.4 Å². The van der Waals surface area contributed by atoms with Crippen molar-refractivity contribution in [1.29, 1.82) is 0 Å². The number of aromatic nitrogens is 12. The fourth-order valence-electron chi connectivity index (χ4n) is 17.6. The van der Waals surface area contributed by atoms with Crippen molar-refractivity contribution in [1.82, 2.24) is 59.8 Å². The molecule has 582 valence electrons. The molecule has 0 amide bonds. The van der Waals surface area contributed by atoms with Gasteiger partial charge in [-0.25, -0.2) is 29.9 Å². The van der Waals surface area contributed by atoms with E-state index in [1.807, 2.05) is 97.1 Å². The minimum absolute atomic E-state index is 0. The molecular weight excluding hydrogens is 1690 g/mol. The van der Waals surface area contributed by atoms with Crippen LogP contribution < -0.4 is 29.9 Å². The largest absolute Gasteiger partial charge is 2.00 e. The van der Waals surface area contributed by atoms with E-state index in [0.717, 1.165) is 244 Å². The SMILES string of the molecule is CCC(CC)c1c2nc(c(-c3ccc(C#Cc4c5nc(c(-c6ccccc6)c6ccc(cc7nc(c(-c8ccccc8)c8ccc4[n-]8)C=C7)[n-]6)C=C5)cc3)c3ccc([n-]3)c(C(CC)CC)c3nc(c(C#Cc4ccc(-c5c6nc(c(-c7ccccc7)c7ccc(cc8nc(c(-c9ccccc9)c9ccc5[n-]9)C=C8)[n-]7)C=C6)cc4)c4ccc1[n-]4)C=C3)C=C2.[Zn+2].[Zn+2].[Zn+2]. The van der Waals surface area contributed by atoms with Gasteiger partial charge in [0.1, 0.15) is 0 Å². The molecule has 0 atom stereocenters. The molecule has 0 spiro atoms. The molecule has 0 unspecified atom stereocenters. The first-order valence-electron chi connectivity index (χ1n) is 41.8. The second-order valence-electron chi connectivity index (χ2n) is 31.0. The summed E-state index contributed by atoms with van der Waals surface area (Å²) in [5.74, 6) is 14.8. The maximum Gasteiger partial charge on any atom is 2.00 e. The van der Waals surface area contributed by atoms with Crippen molar-refractivity contribution in [2.24, 2.45) is 0 Å². The Bertz CT molecular complexity index is 7590. The molecule has 0 aliphatic carbocycles. The van der Waals surface area contributed by atoms with E-state index in [-0.39, 0.29) is 70.3 Å². The van der Waals surface area contributed by atoms with E-state index in [4.69, 9.17) is 59.8 Å². The Morgan fingerprint density at radius 3 is 0.832 bits per heavy atom. The van der Waals surface area contributed by atoms with E-state index >= 15 is 0 Å². The summed E-state index contributed by atoms with van der Waals surface area (Å²) in [7, 11) is 0. The summed E-state index contributed by atoms with van der Waals surface area (Å²) in [4.78, 5) is 65.0. The zero-order valence-corrected chi connectivity index (χ0v) is 78.5. The van der Waals surface area contributed by atoms with Crippen LogP contribution in [0.5, 0.6) is 0 Å². The third-order valence-electron chi connectivity index (χ3n) is 23.6. The van der Waals surface area contributed by atoms with Crippen molar-refractivity contribution >= 4 is 139 Å². The van der Waals surface area contributed by atoms with E-state index in [2.05, 4.69) is 282 Å². The summed E-state index contributed by atoms with van der Waals surface area (Å²) in [6.07, 6.45) is 28.6. The monoisotopic (exact) mass is 1760 g/mol. The number of benzene rings is 6. The molecule has 6 aliphatic rings. The van der Waals surface area contributed by atoms with Crippen LogP contribution in [-0.4, -0.2) is 29.9 Å². The molecule has 125 heavy (non-hydrogen) atoms. The van der Waals surface area contributed by atoms with Gasteiger partial charge in [-0.3, -0.25) is 0 Å². The van der Waals surface area contributed by atoms with Crippen LogP contribution in [0.4, 0.5) is 0 Å². The van der Waals surface area contributed by atoms with Gasteiger partial charge in [-0.1, -0.05) is 282 Å². The molecule has 15 heterocycles. The quantitative estimate of drug-likeness (QED) is 0.0842. The predicted molar refractivity (Wildman–Crippen MR) is 502 cm³/mol. The van der Waals surface area contributed by atoms with Crippen molar-refractivity contribution in [3.05, 3.63) is 356 Å². The molecule has 15 aromatic rings. The Balaban J connectivity index is 0.00000354. The molecule has 15 heteroatoms. The van der Waals surface area contributed by atoms with Gasteiger partial charge in [0.15, 0.2) is 0 Å². The Morgan fingerprint density at radius 2 is 0.472 bits per heavy atom. The number of nitrogens with zero attached hydrogens (tertiary/aromatic N) is 12. The smallest absolute Gasteiger partial charge is 0.657 e. The number of hydrogen-bond acceptors (Lipinski definition) is 6. The molecule has 6 aromatic carbocycles. The maximum atomic E-state index is 5.65. The van der Waals surface area contributed by atoms with Gasteiger partial charge in [0.2, 0.25) is 0 Å². The van der Waals surface area contributed by atoms with Crippen molar-refractivity contribution in [3.63, 3.8) is 0 Å². The Hall–Kier alpha value is -13.9. The summed E-state index contributed by atoms with van der Waals surface area (Å²) < 4.78 is 0. The van der Waals surface area contributed by atoms with Gasteiger partial charge < -0.3 is 29.9 Å². The average Bonchev–Trinajstić information content (AvgIpc) is 1.63. The first-order chi connectivity index (χ1) is 60.2. The molecule has 21 rings (SSSR count). The molecule has 0 saturated heterocycles. The normalized spacial score (nSPS) is 12.1. The maximum absolute atomic E-state index is 5.65. The van der Waals surface area contributed by atoms with Crippen LogP contribution in [0.15, 0.2) is 255 Å². The molecule has 6 aliphatic heterocycles. The first-order valence-corrected chi connectivity index (χ1v) is 41.8. The fourth-order valence-corrected chi connectivity index (χ4v) is 17.6. The fraction of sp³-hybridized carbons (Fsp3) is 0.0909. The first kappa shape index (κ1) is 82.1. The van der Waals surface area contributed by atoms with E-state index in [9.17, 15) is 0 Å². The van der Waals surface area contributed by atoms with Crippen LogP contribution in [0.25, 0.3) is 206 Å². The minimum Gasteiger partial charge on any atom is -0.657 e. The van der Waals surface area contributed by atoms with Crippen LogP contribution in [0.1, 0.15) is 167 Å². The van der Waals surface area contributed by atoms with Crippen molar-refractivity contribution in [2.75, 3.05) is 0 Å². The molecule has 0 N–H and O–H groups in total. The topological polar surface area (TPSA) is 162 Å². The van der Waals surface area contributed by atoms with Crippen LogP contribution in [0, 0.1) is 23.7 Å². The second-order valence-corrected chi connectivity index (χ2v) is 31.0. The number of rotatable bonds is 12. The van der Waals surface area contributed by atoms with Gasteiger partial charge >= 0.3 is 58.4 Å². The summed E-state index contributed by atoms with van der Waals surface area (Å²) in [6, 6.07) is 87.5. The molecular formula is C110H76N12Zn3. The van der Waals surface area contributed by atoms with Gasteiger partial charge in [-0.05, 0) is 213 Å². The molecule has 9 aromatic heterocycles. The van der Waals surface area contributed by atoms with Gasteiger partial charge in [0.25, 0.3) is 0 Å². The third-order valence-corrected chi connectivity index (χ3v) is 23.6. The average molecular weight is 1760 g/mol. The van der Waals surface area contributed by atoms with Crippen LogP contribution in [0.2, 0.25) is 0 Å². The van der Waals surface area contributed by atoms with E-state index in [0.29, 0.717) is 16.8 Å². The summed E-state index contributed by atoms with van der Waals surface area (Å²) >= 11 is 0. The van der Waals surface area contributed by atoms with Crippen molar-refractivity contribution in [2.45, 2.75) is 65.2 Å². The molecule has 0 saturated carbocycles. The van der Waals surface area contributed by atoms with Crippen LogP contribution in [-0.2, 0) is 58.4 Å². The standard InChI is InChI=1S/C110H76N12.3Zn/c1-5-69(6-2)103-91-53-49-83(115-91)81(43-33-67-31-37-76(38-32-67)110-101-63-61-97(121-101)107(73-25-17-11-18-26-73)89-47-41-79(113-89)66-80-42-48-90(114-80)108(74-27-19-12-20-28-74)98-62-64-102(110)122-98)84-50-54-92(116-84)104(70(7-3)8-4)94-58-60-100(120-94)109(99-59-57-93(103)119-99)75-35-29-68(30-36-75)34-44-82-85-51-55-95(117-85)105(71-21-13-9-14-22-71)87-45-39-77(111-87)65-78-40-46-88(112-78)106(72-23-15-10-16-24-72)96-56-52-86(82)118-96;;;/h9-32,35-42,45-66,69-70H,5-8H2,1-4H3;;;/q-6;3*+2. The Labute approximate surface area is 763 Å². The third kappa shape index (κ3) is 15.9. The predicted octanol–water partition coefficient (Wildman–Crippen LogP) is 25.0. The van der Waals surface area contributed by atoms with Gasteiger partial charge in [0, 0.05) is 22.3 Å². The Kier molecular flexibility index (Phi) is 23.3. The Morgan fingerprint density at radius 1 is 0.224 bits per heavy atom. The van der Waals surface area contributed by atoms with Crippen LogP contribution in [0.3, 0.4) is 0 Å². The second kappa shape index (κ2) is 35.5. The number of hydrogen-bond donors (Lipinski definition) is 0. The van der Waals surface area contributed by atoms with Gasteiger partial charge in [0.05, 0.1) is 68.3 Å². The summed E-state index contributed by atoms with van der Waals surface area (Å²) in [5, 5.41) is 0. The van der Waals surface area contributed by atoms with Crippen LogP contribution >= 0.6 is 0 Å². The molecule has 12 nitrogen and oxygen atoms in total. The van der Waals surface area contributed by atoms with Crippen molar-refractivity contribution < 1.29 is 58.4 Å². The number of fused-ring (bicyclic) bond motifs is 24.